The van der Waals surface area contributed by atoms with E-state index in [4.69, 9.17) is 0 Å². The van der Waals surface area contributed by atoms with Gasteiger partial charge in [0.15, 0.2) is 5.78 Å². The zero-order valence-electron chi connectivity index (χ0n) is 20.4. The van der Waals surface area contributed by atoms with E-state index in [9.17, 15) is 18.0 Å². The minimum absolute atomic E-state index is 0.143. The minimum Gasteiger partial charge on any atom is -0.354 e. The van der Waals surface area contributed by atoms with Crippen molar-refractivity contribution in [3.8, 4) is 11.1 Å². The van der Waals surface area contributed by atoms with Crippen LogP contribution in [0.5, 0.6) is 0 Å². The van der Waals surface area contributed by atoms with Crippen molar-refractivity contribution in [1.82, 2.24) is 4.98 Å². The van der Waals surface area contributed by atoms with E-state index in [0.717, 1.165) is 35.1 Å². The molecule has 0 saturated heterocycles. The Morgan fingerprint density at radius 3 is 2.39 bits per heavy atom. The Bertz CT molecular complexity index is 1420. The molecule has 0 aliphatic carbocycles. The number of benzene rings is 3. The molecular formula is C30H27F3N2O. The van der Waals surface area contributed by atoms with Crippen LogP contribution in [0.15, 0.2) is 79.0 Å². The number of aromatic nitrogens is 1. The summed E-state index contributed by atoms with van der Waals surface area (Å²) in [6.07, 6.45) is 1.19. The Balaban J connectivity index is 1.82. The van der Waals surface area contributed by atoms with Gasteiger partial charge >= 0.3 is 6.18 Å². The number of rotatable bonds is 7. The fourth-order valence-electron chi connectivity index (χ4n) is 4.08. The third kappa shape index (κ3) is 6.00. The first kappa shape index (κ1) is 25.2. The van der Waals surface area contributed by atoms with Gasteiger partial charge in [-0.2, -0.15) is 13.2 Å². The van der Waals surface area contributed by atoms with Gasteiger partial charge in [-0.25, -0.2) is 0 Å². The van der Waals surface area contributed by atoms with E-state index < -0.39 is 11.7 Å². The Hall–Kier alpha value is -3.93. The van der Waals surface area contributed by atoms with Gasteiger partial charge in [0.1, 0.15) is 0 Å². The molecule has 1 aromatic heterocycles. The topological polar surface area (TPSA) is 42.0 Å². The van der Waals surface area contributed by atoms with Gasteiger partial charge in [0.2, 0.25) is 0 Å². The van der Waals surface area contributed by atoms with Gasteiger partial charge in [0.05, 0.1) is 16.8 Å². The molecule has 6 heteroatoms. The van der Waals surface area contributed by atoms with Gasteiger partial charge in [0, 0.05) is 22.8 Å². The minimum atomic E-state index is -4.45. The highest BCUT2D eigenvalue weighted by atomic mass is 19.4. The molecule has 1 heterocycles. The summed E-state index contributed by atoms with van der Waals surface area (Å²) in [5.41, 5.74) is 4.66. The summed E-state index contributed by atoms with van der Waals surface area (Å²) < 4.78 is 39.9. The second-order valence-corrected chi connectivity index (χ2v) is 9.26. The SMILES string of the molecule is CC(=O)/C=C/c1cnc2ccc(-c3ccc(CC(C)C)cc3)cc2c1Nc1cccc(C(F)(F)F)c1. The summed E-state index contributed by atoms with van der Waals surface area (Å²) in [5, 5.41) is 3.90. The maximum atomic E-state index is 13.3. The van der Waals surface area contributed by atoms with Gasteiger partial charge < -0.3 is 5.32 Å². The number of carbonyl (C=O) groups is 1. The van der Waals surface area contributed by atoms with Gasteiger partial charge in [0.25, 0.3) is 0 Å². The number of pyridine rings is 1. The van der Waals surface area contributed by atoms with Crippen molar-refractivity contribution >= 4 is 34.1 Å². The summed E-state index contributed by atoms with van der Waals surface area (Å²) in [6.45, 7) is 5.80. The number of allylic oxidation sites excluding steroid dienone is 1. The van der Waals surface area contributed by atoms with Crippen LogP contribution >= 0.6 is 0 Å². The summed E-state index contributed by atoms with van der Waals surface area (Å²) in [7, 11) is 0. The molecule has 4 rings (SSSR count). The van der Waals surface area contributed by atoms with Gasteiger partial charge in [-0.3, -0.25) is 9.78 Å². The Kier molecular flexibility index (Phi) is 7.25. The van der Waals surface area contributed by atoms with Gasteiger partial charge in [-0.1, -0.05) is 50.2 Å². The van der Waals surface area contributed by atoms with E-state index in [1.54, 1.807) is 18.3 Å². The smallest absolute Gasteiger partial charge is 0.354 e. The molecule has 0 fully saturated rings. The lowest BCUT2D eigenvalue weighted by Crippen LogP contribution is -2.05. The van der Waals surface area contributed by atoms with Crippen LogP contribution in [-0.4, -0.2) is 10.8 Å². The number of carbonyl (C=O) groups excluding carboxylic acids is 1. The van der Waals surface area contributed by atoms with Crippen LogP contribution in [0.25, 0.3) is 28.1 Å². The van der Waals surface area contributed by atoms with E-state index in [1.165, 1.54) is 24.6 Å². The van der Waals surface area contributed by atoms with Crippen molar-refractivity contribution in [2.45, 2.75) is 33.4 Å². The van der Waals surface area contributed by atoms with Crippen LogP contribution in [0, 0.1) is 5.92 Å². The average molecular weight is 489 g/mol. The molecule has 3 nitrogen and oxygen atoms in total. The molecule has 0 spiro atoms. The quantitative estimate of drug-likeness (QED) is 0.265. The van der Waals surface area contributed by atoms with Crippen LogP contribution in [0.2, 0.25) is 0 Å². The van der Waals surface area contributed by atoms with E-state index >= 15 is 0 Å². The normalized spacial score (nSPS) is 12.0. The molecule has 36 heavy (non-hydrogen) atoms. The van der Waals surface area contributed by atoms with Crippen LogP contribution < -0.4 is 5.32 Å². The van der Waals surface area contributed by atoms with Crippen LogP contribution in [-0.2, 0) is 17.4 Å². The molecule has 0 amide bonds. The predicted octanol–water partition coefficient (Wildman–Crippen LogP) is 8.46. The number of ketones is 1. The summed E-state index contributed by atoms with van der Waals surface area (Å²) >= 11 is 0. The molecule has 1 N–H and O–H groups in total. The molecule has 0 atom stereocenters. The first-order chi connectivity index (χ1) is 17.1. The molecule has 0 aliphatic rings. The van der Waals surface area contributed by atoms with Crippen molar-refractivity contribution < 1.29 is 18.0 Å². The van der Waals surface area contributed by atoms with Crippen LogP contribution in [0.4, 0.5) is 24.5 Å². The molecular weight excluding hydrogens is 461 g/mol. The standard InChI is InChI=1S/C30H27F3N2O/c1-19(2)15-21-8-11-22(12-9-21)23-13-14-28-27(16-23)29(24(18-34-28)10-7-20(3)36)35-26-6-4-5-25(17-26)30(31,32)33/h4-14,16-19H,15H2,1-3H3,(H,34,35)/b10-7+. The highest BCUT2D eigenvalue weighted by Crippen LogP contribution is 2.35. The second-order valence-electron chi connectivity index (χ2n) is 9.26. The highest BCUT2D eigenvalue weighted by molar-refractivity contribution is 6.01. The number of fused-ring (bicyclic) bond motifs is 1. The molecule has 4 aromatic rings. The number of halogens is 3. The maximum absolute atomic E-state index is 13.3. The summed E-state index contributed by atoms with van der Waals surface area (Å²) in [6, 6.07) is 19.3. The number of alkyl halides is 3. The van der Waals surface area contributed by atoms with Crippen molar-refractivity contribution in [1.29, 1.82) is 0 Å². The lowest BCUT2D eigenvalue weighted by Gasteiger charge is -2.16. The van der Waals surface area contributed by atoms with Crippen molar-refractivity contribution in [3.05, 3.63) is 95.7 Å². The molecule has 0 unspecified atom stereocenters. The Labute approximate surface area is 208 Å². The average Bonchev–Trinajstić information content (AvgIpc) is 2.83. The molecule has 0 radical (unpaired) electrons. The number of hydrogen-bond donors (Lipinski definition) is 1. The zero-order valence-corrected chi connectivity index (χ0v) is 20.4. The molecule has 0 bridgehead atoms. The summed E-state index contributed by atoms with van der Waals surface area (Å²) in [4.78, 5) is 16.1. The monoisotopic (exact) mass is 488 g/mol. The number of nitrogens with zero attached hydrogens (tertiary/aromatic N) is 1. The van der Waals surface area contributed by atoms with Crippen LogP contribution in [0.3, 0.4) is 0 Å². The third-order valence-electron chi connectivity index (χ3n) is 5.79. The lowest BCUT2D eigenvalue weighted by molar-refractivity contribution is -0.137. The van der Waals surface area contributed by atoms with Crippen molar-refractivity contribution in [3.63, 3.8) is 0 Å². The van der Waals surface area contributed by atoms with Crippen molar-refractivity contribution in [2.24, 2.45) is 5.92 Å². The largest absolute Gasteiger partial charge is 0.416 e. The number of hydrogen-bond acceptors (Lipinski definition) is 3. The van der Waals surface area contributed by atoms with E-state index in [-0.39, 0.29) is 5.78 Å². The predicted molar refractivity (Wildman–Crippen MR) is 140 cm³/mol. The third-order valence-corrected chi connectivity index (χ3v) is 5.79. The molecule has 0 aliphatic heterocycles. The molecule has 3 aromatic carbocycles. The Morgan fingerprint density at radius 2 is 1.72 bits per heavy atom. The second kappa shape index (κ2) is 10.4. The lowest BCUT2D eigenvalue weighted by atomic mass is 9.97. The Morgan fingerprint density at radius 1 is 1.00 bits per heavy atom. The van der Waals surface area contributed by atoms with Crippen LogP contribution in [0.1, 0.15) is 37.5 Å². The molecule has 184 valence electrons. The van der Waals surface area contributed by atoms with E-state index in [0.29, 0.717) is 28.4 Å². The summed E-state index contributed by atoms with van der Waals surface area (Å²) in [5.74, 6) is 0.420. The van der Waals surface area contributed by atoms with E-state index in [1.807, 2.05) is 18.2 Å². The number of anilines is 2. The van der Waals surface area contributed by atoms with E-state index in [2.05, 4.69) is 48.4 Å². The van der Waals surface area contributed by atoms with Gasteiger partial charge in [-0.15, -0.1) is 0 Å². The van der Waals surface area contributed by atoms with Gasteiger partial charge in [-0.05, 0) is 78.4 Å². The number of nitrogens with one attached hydrogen (secondary N) is 1. The fourth-order valence-corrected chi connectivity index (χ4v) is 4.08. The molecule has 0 saturated carbocycles. The first-order valence-electron chi connectivity index (χ1n) is 11.7. The van der Waals surface area contributed by atoms with Crippen molar-refractivity contribution in [2.75, 3.05) is 5.32 Å². The first-order valence-corrected chi connectivity index (χ1v) is 11.7. The highest BCUT2D eigenvalue weighted by Gasteiger charge is 2.30. The fraction of sp³-hybridized carbons (Fsp3) is 0.200. The maximum Gasteiger partial charge on any atom is 0.416 e. The zero-order chi connectivity index (χ0) is 25.9.